The Morgan fingerprint density at radius 1 is 1.37 bits per heavy atom. The smallest absolute Gasteiger partial charge is 0.229 e. The van der Waals surface area contributed by atoms with Gasteiger partial charge in [0.05, 0.1) is 18.0 Å². The molecule has 140 valence electrons. The minimum atomic E-state index is 0.102. The van der Waals surface area contributed by atoms with E-state index in [9.17, 15) is 4.79 Å². The van der Waals surface area contributed by atoms with Crippen molar-refractivity contribution >= 4 is 23.4 Å². The number of hydrogen-bond donors (Lipinski definition) is 1. The lowest BCUT2D eigenvalue weighted by molar-refractivity contribution is -0.134. The summed E-state index contributed by atoms with van der Waals surface area (Å²) in [6.45, 7) is 1.52. The lowest BCUT2D eigenvalue weighted by Gasteiger charge is -2.41. The fourth-order valence-corrected chi connectivity index (χ4v) is 3.99. The van der Waals surface area contributed by atoms with Crippen molar-refractivity contribution in [3.63, 3.8) is 0 Å². The van der Waals surface area contributed by atoms with Gasteiger partial charge in [0.15, 0.2) is 0 Å². The summed E-state index contributed by atoms with van der Waals surface area (Å²) in [5.74, 6) is 1.49. The zero-order valence-corrected chi connectivity index (χ0v) is 15.2. The summed E-state index contributed by atoms with van der Waals surface area (Å²) in [7, 11) is 1.86. The molecule has 0 aromatic carbocycles. The molecule has 2 aliphatic heterocycles. The minimum Gasteiger partial charge on any atom is -0.352 e. The fourth-order valence-electron chi connectivity index (χ4n) is 3.99. The zero-order chi connectivity index (χ0) is 18.8. The molecule has 0 unspecified atom stereocenters. The van der Waals surface area contributed by atoms with Crippen molar-refractivity contribution < 1.29 is 4.79 Å². The Bertz CT molecular complexity index is 858. The van der Waals surface area contributed by atoms with E-state index in [1.807, 2.05) is 24.2 Å². The highest BCUT2D eigenvalue weighted by Gasteiger charge is 2.42. The molecule has 9 heteroatoms. The van der Waals surface area contributed by atoms with Crippen LogP contribution in [0.25, 0.3) is 0 Å². The van der Waals surface area contributed by atoms with Crippen molar-refractivity contribution in [2.75, 3.05) is 23.3 Å². The predicted molar refractivity (Wildman–Crippen MR) is 99.2 cm³/mol. The third-order valence-electron chi connectivity index (χ3n) is 5.15. The van der Waals surface area contributed by atoms with Gasteiger partial charge in [-0.1, -0.05) is 0 Å². The first kappa shape index (κ1) is 17.3. The Hall–Kier alpha value is -3.15. The molecule has 2 atom stereocenters. The molecular weight excluding hydrogens is 344 g/mol. The van der Waals surface area contributed by atoms with Crippen molar-refractivity contribution in [1.82, 2.24) is 24.6 Å². The average molecular weight is 366 g/mol. The van der Waals surface area contributed by atoms with Gasteiger partial charge in [0, 0.05) is 57.5 Å². The Balaban J connectivity index is 1.46. The molecule has 4 heterocycles. The quantitative estimate of drug-likeness (QED) is 0.854. The van der Waals surface area contributed by atoms with Crippen molar-refractivity contribution in [2.45, 2.75) is 37.8 Å². The lowest BCUT2D eigenvalue weighted by atomic mass is 10.1. The SMILES string of the molecule is Cn1cc(Nc2nccc(N3C[C@H]4CC[C@@H](C3)N4C(=O)CCC#N)n2)cn1. The number of carbonyl (C=O) groups is 1. The molecule has 1 amide bonds. The van der Waals surface area contributed by atoms with Gasteiger partial charge in [-0.05, 0) is 18.9 Å². The van der Waals surface area contributed by atoms with Gasteiger partial charge < -0.3 is 15.1 Å². The molecule has 0 saturated carbocycles. The molecule has 0 spiro atoms. The van der Waals surface area contributed by atoms with Crippen LogP contribution in [0, 0.1) is 11.3 Å². The van der Waals surface area contributed by atoms with Crippen LogP contribution in [0.5, 0.6) is 0 Å². The molecule has 2 bridgehead atoms. The van der Waals surface area contributed by atoms with E-state index in [2.05, 4.69) is 31.4 Å². The van der Waals surface area contributed by atoms with E-state index in [-0.39, 0.29) is 24.4 Å². The maximum atomic E-state index is 12.4. The summed E-state index contributed by atoms with van der Waals surface area (Å²) >= 11 is 0. The first-order valence-corrected chi connectivity index (χ1v) is 9.16. The second-order valence-corrected chi connectivity index (χ2v) is 7.02. The number of rotatable bonds is 5. The number of hydrogen-bond acceptors (Lipinski definition) is 7. The van der Waals surface area contributed by atoms with Gasteiger partial charge >= 0.3 is 0 Å². The molecular formula is C18H22N8O. The van der Waals surface area contributed by atoms with Crippen molar-refractivity contribution in [2.24, 2.45) is 7.05 Å². The highest BCUT2D eigenvalue weighted by Crippen LogP contribution is 2.33. The summed E-state index contributed by atoms with van der Waals surface area (Å²) < 4.78 is 1.71. The largest absolute Gasteiger partial charge is 0.352 e. The van der Waals surface area contributed by atoms with Gasteiger partial charge in [-0.15, -0.1) is 0 Å². The molecule has 0 radical (unpaired) electrons. The Morgan fingerprint density at radius 3 is 2.81 bits per heavy atom. The number of carbonyl (C=O) groups excluding carboxylic acids is 1. The summed E-state index contributed by atoms with van der Waals surface area (Å²) in [5, 5.41) is 16.0. The predicted octanol–water partition coefficient (Wildman–Crippen LogP) is 1.44. The number of fused-ring (bicyclic) bond motifs is 2. The molecule has 9 nitrogen and oxygen atoms in total. The van der Waals surface area contributed by atoms with Crippen LogP contribution in [-0.4, -0.2) is 55.7 Å². The number of nitriles is 1. The maximum absolute atomic E-state index is 12.4. The normalized spacial score (nSPS) is 21.2. The maximum Gasteiger partial charge on any atom is 0.229 e. The van der Waals surface area contributed by atoms with E-state index in [1.165, 1.54) is 0 Å². The van der Waals surface area contributed by atoms with E-state index >= 15 is 0 Å². The van der Waals surface area contributed by atoms with Gasteiger partial charge in [0.2, 0.25) is 11.9 Å². The summed E-state index contributed by atoms with van der Waals surface area (Å²) in [5.41, 5.74) is 0.836. The van der Waals surface area contributed by atoms with Crippen molar-refractivity contribution in [3.8, 4) is 6.07 Å². The van der Waals surface area contributed by atoms with Crippen LogP contribution in [-0.2, 0) is 11.8 Å². The fraction of sp³-hybridized carbons (Fsp3) is 0.500. The second kappa shape index (κ2) is 7.23. The number of piperazine rings is 1. The molecule has 2 fully saturated rings. The molecule has 2 aromatic rings. The van der Waals surface area contributed by atoms with Gasteiger partial charge in [0.1, 0.15) is 5.82 Å². The van der Waals surface area contributed by atoms with Crippen LogP contribution in [0.15, 0.2) is 24.7 Å². The summed E-state index contributed by atoms with van der Waals surface area (Å²) in [6, 6.07) is 4.35. The monoisotopic (exact) mass is 366 g/mol. The van der Waals surface area contributed by atoms with Gasteiger partial charge in [-0.2, -0.15) is 15.3 Å². The van der Waals surface area contributed by atoms with Gasteiger partial charge in [0.25, 0.3) is 0 Å². The molecule has 2 aromatic heterocycles. The van der Waals surface area contributed by atoms with Crippen LogP contribution < -0.4 is 10.2 Å². The molecule has 4 rings (SSSR count). The molecule has 27 heavy (non-hydrogen) atoms. The number of nitrogens with zero attached hydrogens (tertiary/aromatic N) is 7. The number of aryl methyl sites for hydroxylation is 1. The average Bonchev–Trinajstić information content (AvgIpc) is 3.19. The van der Waals surface area contributed by atoms with E-state index in [4.69, 9.17) is 5.26 Å². The van der Waals surface area contributed by atoms with E-state index in [1.54, 1.807) is 17.1 Å². The molecule has 0 aliphatic carbocycles. The first-order valence-electron chi connectivity index (χ1n) is 9.16. The summed E-state index contributed by atoms with van der Waals surface area (Å²) in [6.07, 6.45) is 7.94. The number of amides is 1. The Morgan fingerprint density at radius 2 is 2.15 bits per heavy atom. The third kappa shape index (κ3) is 3.56. The van der Waals surface area contributed by atoms with Crippen LogP contribution >= 0.6 is 0 Å². The lowest BCUT2D eigenvalue weighted by Crippen LogP contribution is -2.56. The Labute approximate surface area is 157 Å². The first-order chi connectivity index (χ1) is 13.1. The van der Waals surface area contributed by atoms with Crippen LogP contribution in [0.4, 0.5) is 17.5 Å². The van der Waals surface area contributed by atoms with E-state index in [0.29, 0.717) is 12.4 Å². The molecule has 1 N–H and O–H groups in total. The van der Waals surface area contributed by atoms with E-state index < -0.39 is 0 Å². The van der Waals surface area contributed by atoms with Crippen molar-refractivity contribution in [3.05, 3.63) is 24.7 Å². The summed E-state index contributed by atoms with van der Waals surface area (Å²) in [4.78, 5) is 25.6. The third-order valence-corrected chi connectivity index (χ3v) is 5.15. The number of anilines is 3. The Kier molecular flexibility index (Phi) is 4.62. The van der Waals surface area contributed by atoms with Crippen LogP contribution in [0.3, 0.4) is 0 Å². The minimum absolute atomic E-state index is 0.102. The standard InChI is InChI=1S/C18H22N8O/c1-24-10-13(9-21-24)22-18-20-8-6-16(23-18)25-11-14-4-5-15(12-25)26(14)17(27)3-2-7-19/h6,8-10,14-15H,2-5,11-12H2,1H3,(H,20,22,23)/t14-,15+. The van der Waals surface area contributed by atoms with Gasteiger partial charge in [-0.25, -0.2) is 4.98 Å². The number of nitrogens with one attached hydrogen (secondary N) is 1. The van der Waals surface area contributed by atoms with E-state index in [0.717, 1.165) is 37.4 Å². The highest BCUT2D eigenvalue weighted by atomic mass is 16.2. The highest BCUT2D eigenvalue weighted by molar-refractivity contribution is 5.78. The van der Waals surface area contributed by atoms with Crippen LogP contribution in [0.1, 0.15) is 25.7 Å². The topological polar surface area (TPSA) is 103 Å². The number of aromatic nitrogens is 4. The van der Waals surface area contributed by atoms with Crippen molar-refractivity contribution in [1.29, 1.82) is 5.26 Å². The molecule has 2 aliphatic rings. The van der Waals surface area contributed by atoms with Gasteiger partial charge in [-0.3, -0.25) is 9.48 Å². The second-order valence-electron chi connectivity index (χ2n) is 7.02. The zero-order valence-electron chi connectivity index (χ0n) is 15.2. The molecule has 2 saturated heterocycles. The van der Waals surface area contributed by atoms with Crippen LogP contribution in [0.2, 0.25) is 0 Å².